The molecule has 0 saturated heterocycles. The summed E-state index contributed by atoms with van der Waals surface area (Å²) in [6.07, 6.45) is 1.06. The molecule has 0 radical (unpaired) electrons. The first kappa shape index (κ1) is 15.1. The van der Waals surface area contributed by atoms with Gasteiger partial charge in [0, 0.05) is 33.9 Å². The Morgan fingerprint density at radius 2 is 1.68 bits per heavy atom. The second kappa shape index (κ2) is 5.77. The van der Waals surface area contributed by atoms with E-state index in [9.17, 15) is 0 Å². The first-order chi connectivity index (χ1) is 10.5. The zero-order valence-corrected chi connectivity index (χ0v) is 14.1. The van der Waals surface area contributed by atoms with Crippen molar-refractivity contribution in [2.45, 2.75) is 46.2 Å². The number of nitrogens with one attached hydrogen (secondary N) is 1. The van der Waals surface area contributed by atoms with Gasteiger partial charge in [-0.1, -0.05) is 30.3 Å². The Hall–Kier alpha value is -1.80. The fraction of sp³-hybridized carbons (Fsp3) is 0.400. The Morgan fingerprint density at radius 1 is 0.955 bits per heavy atom. The van der Waals surface area contributed by atoms with Crippen molar-refractivity contribution in [3.63, 3.8) is 0 Å². The molecule has 0 atom stereocenters. The molecule has 0 aliphatic carbocycles. The van der Waals surface area contributed by atoms with Gasteiger partial charge in [0.25, 0.3) is 0 Å². The number of nitrogens with zero attached hydrogens (tertiary/aromatic N) is 1. The molecule has 3 rings (SSSR count). The summed E-state index contributed by atoms with van der Waals surface area (Å²) in [7, 11) is 0. The van der Waals surface area contributed by atoms with E-state index in [0.717, 1.165) is 19.5 Å². The predicted molar refractivity (Wildman–Crippen MR) is 96.6 cm³/mol. The minimum absolute atomic E-state index is 0.172. The lowest BCUT2D eigenvalue weighted by Gasteiger charge is -2.20. The van der Waals surface area contributed by atoms with Crippen LogP contribution in [0.2, 0.25) is 0 Å². The highest BCUT2D eigenvalue weighted by Gasteiger charge is 2.13. The maximum Gasteiger partial charge on any atom is 0.0494 e. The number of aromatic nitrogens is 1. The molecule has 116 valence electrons. The van der Waals surface area contributed by atoms with E-state index >= 15 is 0 Å². The van der Waals surface area contributed by atoms with Crippen molar-refractivity contribution in [3.05, 3.63) is 48.0 Å². The fourth-order valence-corrected chi connectivity index (χ4v) is 3.29. The molecule has 0 bridgehead atoms. The molecule has 0 saturated carbocycles. The van der Waals surface area contributed by atoms with Crippen molar-refractivity contribution in [2.24, 2.45) is 0 Å². The van der Waals surface area contributed by atoms with E-state index in [0.29, 0.717) is 0 Å². The third kappa shape index (κ3) is 2.76. The van der Waals surface area contributed by atoms with Crippen LogP contribution in [-0.4, -0.2) is 16.7 Å². The molecule has 1 heterocycles. The van der Waals surface area contributed by atoms with Crippen molar-refractivity contribution in [1.29, 1.82) is 0 Å². The highest BCUT2D eigenvalue weighted by atomic mass is 15.0. The average molecular weight is 294 g/mol. The van der Waals surface area contributed by atoms with E-state index in [1.54, 1.807) is 0 Å². The molecule has 0 aliphatic rings. The summed E-state index contributed by atoms with van der Waals surface area (Å²) in [6, 6.07) is 15.5. The van der Waals surface area contributed by atoms with Crippen LogP contribution in [-0.2, 0) is 13.0 Å². The van der Waals surface area contributed by atoms with Gasteiger partial charge in [-0.2, -0.15) is 0 Å². The topological polar surface area (TPSA) is 17.0 Å². The van der Waals surface area contributed by atoms with Gasteiger partial charge in [0.2, 0.25) is 0 Å². The third-order valence-electron chi connectivity index (χ3n) is 4.25. The molecule has 1 N–H and O–H groups in total. The number of rotatable bonds is 4. The Bertz CT molecular complexity index is 790. The van der Waals surface area contributed by atoms with Crippen LogP contribution in [0.25, 0.3) is 21.8 Å². The van der Waals surface area contributed by atoms with Crippen LogP contribution in [0.15, 0.2) is 42.5 Å². The van der Waals surface area contributed by atoms with Gasteiger partial charge < -0.3 is 9.88 Å². The smallest absolute Gasteiger partial charge is 0.0494 e. The van der Waals surface area contributed by atoms with E-state index in [4.69, 9.17) is 0 Å². The lowest BCUT2D eigenvalue weighted by Crippen LogP contribution is -2.37. The van der Waals surface area contributed by atoms with Crippen LogP contribution in [0.1, 0.15) is 33.3 Å². The van der Waals surface area contributed by atoms with Crippen molar-refractivity contribution in [3.8, 4) is 0 Å². The maximum absolute atomic E-state index is 3.60. The van der Waals surface area contributed by atoms with Crippen molar-refractivity contribution < 1.29 is 0 Å². The highest BCUT2D eigenvalue weighted by molar-refractivity contribution is 6.09. The molecular weight excluding hydrogens is 268 g/mol. The summed E-state index contributed by atoms with van der Waals surface area (Å²) >= 11 is 0. The van der Waals surface area contributed by atoms with Crippen LogP contribution in [0, 0.1) is 0 Å². The van der Waals surface area contributed by atoms with E-state index in [2.05, 4.69) is 80.0 Å². The standard InChI is InChI=1S/C20H26N2/c1-5-22-17-11-7-6-10-16(17)19-15(9-8-12-18(19)22)13-14-21-20(2,3)4/h6-12,21H,5,13-14H2,1-4H3. The molecule has 0 fully saturated rings. The van der Waals surface area contributed by atoms with Crippen molar-refractivity contribution >= 4 is 21.8 Å². The normalized spacial score (nSPS) is 12.4. The number of para-hydroxylation sites is 1. The molecule has 2 heteroatoms. The van der Waals surface area contributed by atoms with Crippen LogP contribution in [0.5, 0.6) is 0 Å². The van der Waals surface area contributed by atoms with Crippen LogP contribution in [0.4, 0.5) is 0 Å². The SMILES string of the molecule is CCn1c2ccccc2c2c(CCNC(C)(C)C)cccc21. The molecule has 0 amide bonds. The zero-order chi connectivity index (χ0) is 15.7. The monoisotopic (exact) mass is 294 g/mol. The van der Waals surface area contributed by atoms with Crippen molar-refractivity contribution in [1.82, 2.24) is 9.88 Å². The lowest BCUT2D eigenvalue weighted by atomic mass is 10.0. The number of fused-ring (bicyclic) bond motifs is 3. The Morgan fingerprint density at radius 3 is 2.41 bits per heavy atom. The first-order valence-electron chi connectivity index (χ1n) is 8.25. The molecule has 22 heavy (non-hydrogen) atoms. The lowest BCUT2D eigenvalue weighted by molar-refractivity contribution is 0.430. The summed E-state index contributed by atoms with van der Waals surface area (Å²) in [5.74, 6) is 0. The molecule has 2 nitrogen and oxygen atoms in total. The molecule has 3 aromatic rings. The maximum atomic E-state index is 3.60. The largest absolute Gasteiger partial charge is 0.341 e. The highest BCUT2D eigenvalue weighted by Crippen LogP contribution is 2.31. The first-order valence-corrected chi connectivity index (χ1v) is 8.25. The zero-order valence-electron chi connectivity index (χ0n) is 14.1. The van der Waals surface area contributed by atoms with E-state index in [1.807, 2.05) is 0 Å². The fourth-order valence-electron chi connectivity index (χ4n) is 3.29. The van der Waals surface area contributed by atoms with Gasteiger partial charge in [-0.25, -0.2) is 0 Å². The van der Waals surface area contributed by atoms with Gasteiger partial charge >= 0.3 is 0 Å². The molecule has 0 spiro atoms. The molecular formula is C20H26N2. The second-order valence-electron chi connectivity index (χ2n) is 7.00. The van der Waals surface area contributed by atoms with E-state index in [-0.39, 0.29) is 5.54 Å². The molecule has 0 unspecified atom stereocenters. The van der Waals surface area contributed by atoms with Crippen LogP contribution < -0.4 is 5.32 Å². The van der Waals surface area contributed by atoms with Gasteiger partial charge in [-0.3, -0.25) is 0 Å². The predicted octanol–water partition coefficient (Wildman–Crippen LogP) is 4.75. The van der Waals surface area contributed by atoms with Gasteiger partial charge in [0.1, 0.15) is 0 Å². The molecule has 2 aromatic carbocycles. The Kier molecular flexibility index (Phi) is 3.96. The van der Waals surface area contributed by atoms with Crippen LogP contribution >= 0.6 is 0 Å². The Labute approximate surface area is 133 Å². The van der Waals surface area contributed by atoms with Gasteiger partial charge in [0.05, 0.1) is 0 Å². The minimum Gasteiger partial charge on any atom is -0.341 e. The van der Waals surface area contributed by atoms with Gasteiger partial charge in [-0.05, 0) is 58.4 Å². The summed E-state index contributed by atoms with van der Waals surface area (Å²) in [6.45, 7) is 10.9. The number of hydrogen-bond acceptors (Lipinski definition) is 1. The molecule has 0 aliphatic heterocycles. The number of benzene rings is 2. The number of aryl methyl sites for hydroxylation is 1. The molecule has 1 aromatic heterocycles. The summed E-state index contributed by atoms with van der Waals surface area (Å²) in [5, 5.41) is 6.40. The van der Waals surface area contributed by atoms with Gasteiger partial charge in [-0.15, -0.1) is 0 Å². The second-order valence-corrected chi connectivity index (χ2v) is 7.00. The summed E-state index contributed by atoms with van der Waals surface area (Å²) in [4.78, 5) is 0. The van der Waals surface area contributed by atoms with Crippen molar-refractivity contribution in [2.75, 3.05) is 6.54 Å². The summed E-state index contributed by atoms with van der Waals surface area (Å²) in [5.41, 5.74) is 4.32. The average Bonchev–Trinajstić information content (AvgIpc) is 2.80. The Balaban J connectivity index is 2.08. The van der Waals surface area contributed by atoms with Gasteiger partial charge in [0.15, 0.2) is 0 Å². The number of hydrogen-bond donors (Lipinski definition) is 1. The quantitative estimate of drug-likeness (QED) is 0.735. The summed E-state index contributed by atoms with van der Waals surface area (Å²) < 4.78 is 2.42. The van der Waals surface area contributed by atoms with Crippen LogP contribution in [0.3, 0.4) is 0 Å². The van der Waals surface area contributed by atoms with E-state index in [1.165, 1.54) is 27.4 Å². The third-order valence-corrected chi connectivity index (χ3v) is 4.25. The minimum atomic E-state index is 0.172. The van der Waals surface area contributed by atoms with E-state index < -0.39 is 0 Å².